The zero-order valence-electron chi connectivity index (χ0n) is 12.3. The van der Waals surface area contributed by atoms with Crippen LogP contribution in [0.1, 0.15) is 17.0 Å². The third kappa shape index (κ3) is 2.83. The average molecular weight is 313 g/mol. The first-order valence-electron chi connectivity index (χ1n) is 7.12. The highest BCUT2D eigenvalue weighted by Crippen LogP contribution is 2.29. The summed E-state index contributed by atoms with van der Waals surface area (Å²) in [7, 11) is 1.73. The number of benzene rings is 2. The zero-order valence-corrected chi connectivity index (χ0v) is 13.0. The van der Waals surface area contributed by atoms with Gasteiger partial charge in [-0.25, -0.2) is 5.01 Å². The van der Waals surface area contributed by atoms with E-state index in [4.69, 9.17) is 17.0 Å². The fraction of sp³-hybridized carbons (Fsp3) is 0.176. The molecule has 4 nitrogen and oxygen atoms in total. The standard InChI is InChI=1S/C17H17ClN4/c1-20-17(19)22-11-15(12-5-3-2-4-6-12)16(21-22)13-7-9-14(18)10-8-13/h2-10,15H,11H2,1H3,(H2,19,20). The molecule has 0 radical (unpaired) electrons. The summed E-state index contributed by atoms with van der Waals surface area (Å²) in [5, 5.41) is 17.8. The predicted molar refractivity (Wildman–Crippen MR) is 90.7 cm³/mol. The molecule has 2 aromatic carbocycles. The van der Waals surface area contributed by atoms with Crippen molar-refractivity contribution in [1.29, 1.82) is 5.41 Å². The van der Waals surface area contributed by atoms with Gasteiger partial charge in [-0.05, 0) is 23.3 Å². The van der Waals surface area contributed by atoms with Crippen molar-refractivity contribution in [1.82, 2.24) is 10.3 Å². The lowest BCUT2D eigenvalue weighted by molar-refractivity contribution is 0.456. The van der Waals surface area contributed by atoms with Gasteiger partial charge in [-0.15, -0.1) is 0 Å². The van der Waals surface area contributed by atoms with Crippen molar-refractivity contribution >= 4 is 23.3 Å². The summed E-state index contributed by atoms with van der Waals surface area (Å²) in [5.41, 5.74) is 3.19. The Morgan fingerprint density at radius 3 is 2.50 bits per heavy atom. The van der Waals surface area contributed by atoms with Gasteiger partial charge in [-0.1, -0.05) is 54.1 Å². The summed E-state index contributed by atoms with van der Waals surface area (Å²) >= 11 is 5.98. The van der Waals surface area contributed by atoms with Crippen molar-refractivity contribution in [2.24, 2.45) is 5.10 Å². The van der Waals surface area contributed by atoms with E-state index in [0.29, 0.717) is 17.5 Å². The first-order chi connectivity index (χ1) is 10.7. The second-order valence-corrected chi connectivity index (χ2v) is 5.57. The smallest absolute Gasteiger partial charge is 0.211 e. The van der Waals surface area contributed by atoms with Crippen LogP contribution in [0.4, 0.5) is 0 Å². The van der Waals surface area contributed by atoms with Gasteiger partial charge in [-0.3, -0.25) is 5.41 Å². The second kappa shape index (κ2) is 6.20. The third-order valence-electron chi connectivity index (χ3n) is 3.75. The number of halogens is 1. The minimum absolute atomic E-state index is 0.135. The Balaban J connectivity index is 2.00. The summed E-state index contributed by atoms with van der Waals surface area (Å²) in [5.74, 6) is 0.431. The Bertz CT molecular complexity index is 694. The van der Waals surface area contributed by atoms with Crippen LogP contribution in [0.5, 0.6) is 0 Å². The van der Waals surface area contributed by atoms with E-state index in [1.165, 1.54) is 5.56 Å². The largest absolute Gasteiger partial charge is 0.358 e. The highest BCUT2D eigenvalue weighted by molar-refractivity contribution is 6.30. The van der Waals surface area contributed by atoms with Crippen molar-refractivity contribution in [3.8, 4) is 0 Å². The van der Waals surface area contributed by atoms with Crippen molar-refractivity contribution in [3.63, 3.8) is 0 Å². The van der Waals surface area contributed by atoms with Crippen molar-refractivity contribution in [2.75, 3.05) is 13.6 Å². The maximum Gasteiger partial charge on any atom is 0.211 e. The lowest BCUT2D eigenvalue weighted by atomic mass is 9.91. The molecule has 0 aromatic heterocycles. The Morgan fingerprint density at radius 2 is 1.86 bits per heavy atom. The molecule has 22 heavy (non-hydrogen) atoms. The first-order valence-corrected chi connectivity index (χ1v) is 7.50. The van der Waals surface area contributed by atoms with Crippen molar-refractivity contribution < 1.29 is 0 Å². The summed E-state index contributed by atoms with van der Waals surface area (Å²) in [4.78, 5) is 0. The van der Waals surface area contributed by atoms with Gasteiger partial charge in [0, 0.05) is 18.0 Å². The molecule has 0 aliphatic carbocycles. The summed E-state index contributed by atoms with van der Waals surface area (Å²) < 4.78 is 0. The van der Waals surface area contributed by atoms with E-state index < -0.39 is 0 Å². The van der Waals surface area contributed by atoms with E-state index in [0.717, 1.165) is 11.3 Å². The lowest BCUT2D eigenvalue weighted by Gasteiger charge is -2.16. The number of hydrazone groups is 1. The van der Waals surface area contributed by atoms with E-state index in [9.17, 15) is 0 Å². The number of rotatable bonds is 2. The Kier molecular flexibility index (Phi) is 4.11. The normalized spacial score (nSPS) is 17.3. The number of hydrogen-bond acceptors (Lipinski definition) is 2. The molecule has 1 atom stereocenters. The molecule has 2 N–H and O–H groups in total. The van der Waals surface area contributed by atoms with Gasteiger partial charge < -0.3 is 5.32 Å². The first kappa shape index (κ1) is 14.6. The second-order valence-electron chi connectivity index (χ2n) is 5.14. The van der Waals surface area contributed by atoms with Gasteiger partial charge in [-0.2, -0.15) is 5.10 Å². The molecular formula is C17H17ClN4. The maximum atomic E-state index is 7.96. The van der Waals surface area contributed by atoms with Crippen molar-refractivity contribution in [2.45, 2.75) is 5.92 Å². The third-order valence-corrected chi connectivity index (χ3v) is 4.00. The maximum absolute atomic E-state index is 7.96. The molecule has 0 amide bonds. The summed E-state index contributed by atoms with van der Waals surface area (Å²) in [6.07, 6.45) is 0. The molecule has 0 saturated heterocycles. The van der Waals surface area contributed by atoms with Crippen LogP contribution in [0.3, 0.4) is 0 Å². The molecule has 2 aromatic rings. The van der Waals surface area contributed by atoms with Crippen LogP contribution in [0.15, 0.2) is 59.7 Å². The quantitative estimate of drug-likeness (QED) is 0.660. The van der Waals surface area contributed by atoms with Gasteiger partial charge in [0.15, 0.2) is 0 Å². The fourth-order valence-electron chi connectivity index (χ4n) is 2.60. The van der Waals surface area contributed by atoms with E-state index in [-0.39, 0.29) is 5.92 Å². The zero-order chi connectivity index (χ0) is 15.5. The molecule has 0 spiro atoms. The number of nitrogens with one attached hydrogen (secondary N) is 2. The van der Waals surface area contributed by atoms with E-state index in [1.54, 1.807) is 12.1 Å². The van der Waals surface area contributed by atoms with Gasteiger partial charge >= 0.3 is 0 Å². The Labute approximate surface area is 134 Å². The Morgan fingerprint density at radius 1 is 1.18 bits per heavy atom. The molecule has 5 heteroatoms. The van der Waals surface area contributed by atoms with E-state index in [1.807, 2.05) is 42.5 Å². The molecule has 0 fully saturated rings. The molecule has 1 aliphatic rings. The summed E-state index contributed by atoms with van der Waals surface area (Å²) in [6, 6.07) is 18.0. The molecule has 1 aliphatic heterocycles. The molecule has 0 saturated carbocycles. The minimum atomic E-state index is 0.135. The van der Waals surface area contributed by atoms with Crippen LogP contribution >= 0.6 is 11.6 Å². The topological polar surface area (TPSA) is 51.5 Å². The monoisotopic (exact) mass is 312 g/mol. The highest BCUT2D eigenvalue weighted by Gasteiger charge is 2.30. The van der Waals surface area contributed by atoms with Crippen LogP contribution in [-0.4, -0.2) is 30.3 Å². The molecular weight excluding hydrogens is 296 g/mol. The molecule has 1 heterocycles. The van der Waals surface area contributed by atoms with Gasteiger partial charge in [0.1, 0.15) is 0 Å². The molecule has 1 unspecified atom stereocenters. The van der Waals surface area contributed by atoms with Gasteiger partial charge in [0.25, 0.3) is 0 Å². The van der Waals surface area contributed by atoms with E-state index in [2.05, 4.69) is 22.6 Å². The number of nitrogens with zero attached hydrogens (tertiary/aromatic N) is 2. The number of hydrogen-bond donors (Lipinski definition) is 2. The van der Waals surface area contributed by atoms with Gasteiger partial charge in [0.05, 0.1) is 12.3 Å². The molecule has 112 valence electrons. The fourth-order valence-corrected chi connectivity index (χ4v) is 2.72. The van der Waals surface area contributed by atoms with Crippen LogP contribution in [-0.2, 0) is 0 Å². The lowest BCUT2D eigenvalue weighted by Crippen LogP contribution is -2.34. The summed E-state index contributed by atoms with van der Waals surface area (Å²) in [6.45, 7) is 0.654. The van der Waals surface area contributed by atoms with Crippen LogP contribution in [0, 0.1) is 5.41 Å². The highest BCUT2D eigenvalue weighted by atomic mass is 35.5. The minimum Gasteiger partial charge on any atom is -0.358 e. The van der Waals surface area contributed by atoms with Crippen LogP contribution in [0.25, 0.3) is 0 Å². The molecule has 3 rings (SSSR count). The predicted octanol–water partition coefficient (Wildman–Crippen LogP) is 3.30. The van der Waals surface area contributed by atoms with Crippen LogP contribution in [0.2, 0.25) is 5.02 Å². The van der Waals surface area contributed by atoms with Crippen LogP contribution < -0.4 is 5.32 Å². The number of guanidine groups is 1. The van der Waals surface area contributed by atoms with Gasteiger partial charge in [0.2, 0.25) is 5.96 Å². The Hall–Kier alpha value is -2.33. The SMILES string of the molecule is CNC(=N)N1CC(c2ccccc2)C(c2ccc(Cl)cc2)=N1. The molecule has 0 bridgehead atoms. The van der Waals surface area contributed by atoms with Crippen molar-refractivity contribution in [3.05, 3.63) is 70.7 Å². The van der Waals surface area contributed by atoms with E-state index >= 15 is 0 Å². The average Bonchev–Trinajstić information content (AvgIpc) is 3.01.